The van der Waals surface area contributed by atoms with Gasteiger partial charge in [0, 0.05) is 0 Å². The number of allylic oxidation sites excluding steroid dienone is 2. The second-order valence-electron chi connectivity index (χ2n) is 4.13. The zero-order chi connectivity index (χ0) is 11.2. The van der Waals surface area contributed by atoms with Gasteiger partial charge in [0.1, 0.15) is 6.61 Å². The molecule has 0 amide bonds. The fourth-order valence-corrected chi connectivity index (χ4v) is 1.84. The summed E-state index contributed by atoms with van der Waals surface area (Å²) in [7, 11) is 0. The molecule has 2 rings (SSSR count). The van der Waals surface area contributed by atoms with Gasteiger partial charge in [-0.15, -0.1) is 0 Å². The number of aryl methyl sites for hydroxylation is 1. The lowest BCUT2D eigenvalue weighted by atomic mass is 10.0. The summed E-state index contributed by atoms with van der Waals surface area (Å²) in [5.41, 5.74) is 3.95. The highest BCUT2D eigenvalue weighted by Gasteiger charge is 2.03. The standard InChI is InChI=1S/C15H18O/c1-2-3-5-13-7-9-14(10-8-13)15-6-4-11-16-12-15/h4,6-11H,2-3,5,12H2,1H3. The van der Waals surface area contributed by atoms with E-state index in [2.05, 4.69) is 37.3 Å². The van der Waals surface area contributed by atoms with Gasteiger partial charge in [-0.2, -0.15) is 0 Å². The molecule has 1 heterocycles. The fourth-order valence-electron chi connectivity index (χ4n) is 1.84. The Kier molecular flexibility index (Phi) is 3.81. The second-order valence-corrected chi connectivity index (χ2v) is 4.13. The van der Waals surface area contributed by atoms with E-state index in [0.29, 0.717) is 6.61 Å². The molecule has 0 aromatic heterocycles. The Morgan fingerprint density at radius 2 is 2.00 bits per heavy atom. The van der Waals surface area contributed by atoms with Crippen molar-refractivity contribution in [3.05, 3.63) is 53.8 Å². The molecule has 0 saturated heterocycles. The minimum atomic E-state index is 0.685. The number of unbranched alkanes of at least 4 members (excludes halogenated alkanes) is 1. The first-order chi connectivity index (χ1) is 7.90. The molecule has 1 aromatic rings. The van der Waals surface area contributed by atoms with Crippen LogP contribution in [0.1, 0.15) is 30.9 Å². The summed E-state index contributed by atoms with van der Waals surface area (Å²) in [6.07, 6.45) is 9.51. The Morgan fingerprint density at radius 3 is 2.62 bits per heavy atom. The molecule has 1 heteroatoms. The number of hydrogen-bond acceptors (Lipinski definition) is 1. The van der Waals surface area contributed by atoms with Crippen molar-refractivity contribution in [1.82, 2.24) is 0 Å². The van der Waals surface area contributed by atoms with E-state index in [4.69, 9.17) is 4.74 Å². The minimum Gasteiger partial charge on any atom is -0.496 e. The highest BCUT2D eigenvalue weighted by Crippen LogP contribution is 2.19. The molecule has 0 N–H and O–H groups in total. The van der Waals surface area contributed by atoms with E-state index in [1.807, 2.05) is 6.08 Å². The van der Waals surface area contributed by atoms with Crippen LogP contribution < -0.4 is 0 Å². The normalized spacial score (nSPS) is 14.4. The van der Waals surface area contributed by atoms with Gasteiger partial charge in [-0.3, -0.25) is 0 Å². The van der Waals surface area contributed by atoms with Crippen molar-refractivity contribution in [3.8, 4) is 0 Å². The first kappa shape index (κ1) is 11.0. The molecule has 0 spiro atoms. The summed E-state index contributed by atoms with van der Waals surface area (Å²) in [4.78, 5) is 0. The Balaban J connectivity index is 2.06. The fraction of sp³-hybridized carbons (Fsp3) is 0.333. The monoisotopic (exact) mass is 214 g/mol. The molecular formula is C15H18O. The average molecular weight is 214 g/mol. The molecule has 16 heavy (non-hydrogen) atoms. The van der Waals surface area contributed by atoms with Crippen LogP contribution >= 0.6 is 0 Å². The minimum absolute atomic E-state index is 0.685. The molecule has 0 radical (unpaired) electrons. The van der Waals surface area contributed by atoms with Crippen LogP contribution in [-0.4, -0.2) is 6.61 Å². The van der Waals surface area contributed by atoms with E-state index < -0.39 is 0 Å². The van der Waals surface area contributed by atoms with Gasteiger partial charge in [-0.05, 0) is 35.6 Å². The molecule has 0 unspecified atom stereocenters. The van der Waals surface area contributed by atoms with Crippen molar-refractivity contribution in [3.63, 3.8) is 0 Å². The SMILES string of the molecule is CCCCc1ccc(C2=CC=COC2)cc1. The molecule has 1 aromatic carbocycles. The quantitative estimate of drug-likeness (QED) is 0.737. The molecule has 0 bridgehead atoms. The molecule has 84 valence electrons. The average Bonchev–Trinajstić information content (AvgIpc) is 2.38. The highest BCUT2D eigenvalue weighted by atomic mass is 16.5. The van der Waals surface area contributed by atoms with Gasteiger partial charge in [0.05, 0.1) is 6.26 Å². The van der Waals surface area contributed by atoms with Gasteiger partial charge < -0.3 is 4.74 Å². The van der Waals surface area contributed by atoms with E-state index in [-0.39, 0.29) is 0 Å². The second kappa shape index (κ2) is 5.55. The van der Waals surface area contributed by atoms with Crippen LogP contribution in [-0.2, 0) is 11.2 Å². The van der Waals surface area contributed by atoms with Crippen LogP contribution in [0.4, 0.5) is 0 Å². The first-order valence-electron chi connectivity index (χ1n) is 5.97. The van der Waals surface area contributed by atoms with E-state index in [9.17, 15) is 0 Å². The van der Waals surface area contributed by atoms with E-state index in [1.165, 1.54) is 36.0 Å². The third kappa shape index (κ3) is 2.75. The molecular weight excluding hydrogens is 196 g/mol. The van der Waals surface area contributed by atoms with Crippen LogP contribution in [0, 0.1) is 0 Å². The van der Waals surface area contributed by atoms with Crippen LogP contribution in [0.5, 0.6) is 0 Å². The zero-order valence-electron chi connectivity index (χ0n) is 9.78. The lowest BCUT2D eigenvalue weighted by Crippen LogP contribution is -1.97. The summed E-state index contributed by atoms with van der Waals surface area (Å²) < 4.78 is 5.28. The third-order valence-electron chi connectivity index (χ3n) is 2.85. The summed E-state index contributed by atoms with van der Waals surface area (Å²) in [5, 5.41) is 0. The van der Waals surface area contributed by atoms with Crippen molar-refractivity contribution >= 4 is 5.57 Å². The Morgan fingerprint density at radius 1 is 1.19 bits per heavy atom. The van der Waals surface area contributed by atoms with Gasteiger partial charge in [-0.1, -0.05) is 43.7 Å². The maximum atomic E-state index is 5.28. The topological polar surface area (TPSA) is 9.23 Å². The van der Waals surface area contributed by atoms with E-state index >= 15 is 0 Å². The Bertz CT molecular complexity index is 384. The van der Waals surface area contributed by atoms with Crippen LogP contribution in [0.2, 0.25) is 0 Å². The van der Waals surface area contributed by atoms with Gasteiger partial charge in [0.2, 0.25) is 0 Å². The number of rotatable bonds is 4. The van der Waals surface area contributed by atoms with E-state index in [0.717, 1.165) is 0 Å². The largest absolute Gasteiger partial charge is 0.496 e. The van der Waals surface area contributed by atoms with Crippen LogP contribution in [0.3, 0.4) is 0 Å². The molecule has 0 aliphatic carbocycles. The third-order valence-corrected chi connectivity index (χ3v) is 2.85. The summed E-state index contributed by atoms with van der Waals surface area (Å²) in [5.74, 6) is 0. The molecule has 1 aliphatic rings. The van der Waals surface area contributed by atoms with Crippen molar-refractivity contribution < 1.29 is 4.74 Å². The maximum absolute atomic E-state index is 5.28. The molecule has 1 aliphatic heterocycles. The Hall–Kier alpha value is -1.50. The first-order valence-corrected chi connectivity index (χ1v) is 5.97. The zero-order valence-corrected chi connectivity index (χ0v) is 9.78. The summed E-state index contributed by atoms with van der Waals surface area (Å²) >= 11 is 0. The summed E-state index contributed by atoms with van der Waals surface area (Å²) in [6, 6.07) is 8.84. The van der Waals surface area contributed by atoms with Crippen molar-refractivity contribution in [1.29, 1.82) is 0 Å². The smallest absolute Gasteiger partial charge is 0.113 e. The molecule has 0 fully saturated rings. The lowest BCUT2D eigenvalue weighted by molar-refractivity contribution is 0.293. The van der Waals surface area contributed by atoms with Gasteiger partial charge in [0.15, 0.2) is 0 Å². The van der Waals surface area contributed by atoms with Crippen molar-refractivity contribution in [2.75, 3.05) is 6.61 Å². The van der Waals surface area contributed by atoms with Crippen molar-refractivity contribution in [2.45, 2.75) is 26.2 Å². The highest BCUT2D eigenvalue weighted by molar-refractivity contribution is 5.68. The van der Waals surface area contributed by atoms with Crippen LogP contribution in [0.15, 0.2) is 42.7 Å². The lowest BCUT2D eigenvalue weighted by Gasteiger charge is -2.11. The van der Waals surface area contributed by atoms with Crippen LogP contribution in [0.25, 0.3) is 5.57 Å². The van der Waals surface area contributed by atoms with Gasteiger partial charge in [0.25, 0.3) is 0 Å². The molecule has 1 nitrogen and oxygen atoms in total. The number of benzene rings is 1. The van der Waals surface area contributed by atoms with E-state index in [1.54, 1.807) is 6.26 Å². The number of ether oxygens (including phenoxy) is 1. The van der Waals surface area contributed by atoms with Gasteiger partial charge >= 0.3 is 0 Å². The predicted octanol–water partition coefficient (Wildman–Crippen LogP) is 3.96. The number of hydrogen-bond donors (Lipinski definition) is 0. The van der Waals surface area contributed by atoms with Gasteiger partial charge in [-0.25, -0.2) is 0 Å². The summed E-state index contributed by atoms with van der Waals surface area (Å²) in [6.45, 7) is 2.91. The Labute approximate surface area is 97.4 Å². The van der Waals surface area contributed by atoms with Crippen molar-refractivity contribution in [2.24, 2.45) is 0 Å². The maximum Gasteiger partial charge on any atom is 0.113 e. The molecule has 0 saturated carbocycles. The molecule has 0 atom stereocenters. The predicted molar refractivity (Wildman–Crippen MR) is 68.1 cm³/mol.